The Morgan fingerprint density at radius 3 is 2.38 bits per heavy atom. The van der Waals surface area contributed by atoms with Crippen molar-refractivity contribution in [3.8, 4) is 11.3 Å². The third-order valence-electron chi connectivity index (χ3n) is 7.75. The first kappa shape index (κ1) is 29.1. The molecule has 2 atom stereocenters. The maximum Gasteiger partial charge on any atom is 0.303 e. The number of para-hydroxylation sites is 1. The topological polar surface area (TPSA) is 100 Å². The van der Waals surface area contributed by atoms with Crippen molar-refractivity contribution in [1.82, 2.24) is 19.5 Å². The molecule has 4 aromatic rings. The van der Waals surface area contributed by atoms with E-state index in [0.29, 0.717) is 18.8 Å². The lowest BCUT2D eigenvalue weighted by Gasteiger charge is -2.36. The molecular weight excluding hydrogens is 551 g/mol. The van der Waals surface area contributed by atoms with Crippen molar-refractivity contribution < 1.29 is 32.6 Å². The van der Waals surface area contributed by atoms with E-state index < -0.39 is 35.4 Å². The number of nitrogens with zero attached hydrogens (tertiary/aromatic N) is 5. The molecular formula is C30H30F3N5O4. The van der Waals surface area contributed by atoms with Gasteiger partial charge in [0.15, 0.2) is 28.8 Å². The van der Waals surface area contributed by atoms with E-state index in [1.54, 1.807) is 18.0 Å². The molecule has 2 aromatic carbocycles. The first-order valence-electron chi connectivity index (χ1n) is 13.4. The Bertz CT molecular complexity index is 1650. The number of hydrogen-bond donors (Lipinski definition) is 1. The number of benzene rings is 2. The minimum Gasteiger partial charge on any atom is -0.481 e. The fraction of sp³-hybridized carbons (Fsp3) is 0.333. The molecule has 1 saturated heterocycles. The van der Waals surface area contributed by atoms with Gasteiger partial charge in [0.2, 0.25) is 0 Å². The molecule has 9 nitrogen and oxygen atoms in total. The van der Waals surface area contributed by atoms with Gasteiger partial charge in [-0.15, -0.1) is 0 Å². The fourth-order valence-corrected chi connectivity index (χ4v) is 5.64. The number of amides is 1. The first-order valence-corrected chi connectivity index (χ1v) is 13.4. The Labute approximate surface area is 240 Å². The molecule has 0 aliphatic carbocycles. The number of aromatic nitrogens is 3. The Kier molecular flexibility index (Phi) is 7.91. The number of anilines is 2. The number of likely N-dealkylation sites (tertiary alicyclic amines) is 1. The van der Waals surface area contributed by atoms with Crippen LogP contribution in [0.2, 0.25) is 0 Å². The lowest BCUT2D eigenvalue weighted by atomic mass is 9.90. The van der Waals surface area contributed by atoms with Gasteiger partial charge in [-0.05, 0) is 49.4 Å². The Morgan fingerprint density at radius 2 is 1.76 bits per heavy atom. The number of carboxylic acids is 1. The largest absolute Gasteiger partial charge is 0.481 e. The van der Waals surface area contributed by atoms with E-state index in [1.807, 2.05) is 36.9 Å². The van der Waals surface area contributed by atoms with E-state index in [9.17, 15) is 27.9 Å². The molecule has 1 N–H and O–H groups in total. The van der Waals surface area contributed by atoms with Crippen LogP contribution in [0.4, 0.5) is 24.7 Å². The summed E-state index contributed by atoms with van der Waals surface area (Å²) in [5.41, 5.74) is 3.27. The number of hydrogen-bond acceptors (Lipinski definition) is 6. The van der Waals surface area contributed by atoms with Gasteiger partial charge in [0.1, 0.15) is 5.82 Å². The quantitative estimate of drug-likeness (QED) is 0.301. The van der Waals surface area contributed by atoms with Crippen molar-refractivity contribution in [2.45, 2.75) is 32.8 Å². The van der Waals surface area contributed by atoms with Crippen molar-refractivity contribution in [3.05, 3.63) is 76.7 Å². The minimum absolute atomic E-state index is 0.0163. The average Bonchev–Trinajstić information content (AvgIpc) is 3.39. The molecule has 2 aromatic heterocycles. The minimum atomic E-state index is -1.58. The van der Waals surface area contributed by atoms with Crippen LogP contribution in [-0.2, 0) is 9.53 Å². The second kappa shape index (κ2) is 11.4. The van der Waals surface area contributed by atoms with Crippen LogP contribution in [0.25, 0.3) is 16.9 Å². The van der Waals surface area contributed by atoms with E-state index >= 15 is 0 Å². The first-order chi connectivity index (χ1) is 20.0. The summed E-state index contributed by atoms with van der Waals surface area (Å²) in [4.78, 5) is 32.8. The summed E-state index contributed by atoms with van der Waals surface area (Å²) in [5.74, 6) is -5.36. The molecule has 12 heteroatoms. The van der Waals surface area contributed by atoms with Crippen molar-refractivity contribution >= 4 is 29.0 Å². The van der Waals surface area contributed by atoms with Gasteiger partial charge in [0.05, 0.1) is 18.2 Å². The maximum atomic E-state index is 14.2. The van der Waals surface area contributed by atoms with E-state index in [2.05, 4.69) is 10.1 Å². The van der Waals surface area contributed by atoms with Crippen molar-refractivity contribution in [2.75, 3.05) is 32.1 Å². The standard InChI is InChI=1S/C30H30F3N5O4/c1-16-6-5-7-17(2)29(16)36(3)26-14-22(19-10-20(31)28(33)21(32)11-19)34-25-13-23(35-38(25)26)30(41)37-9-8-18(12-27(39)40)24(15-37)42-4/h5-7,10-11,13-14,18,24H,8-9,12,15H2,1-4H3,(H,39,40)/t18?,24-/m0/s1. The number of methoxy groups -OCH3 is 1. The number of aryl methyl sites for hydroxylation is 2. The summed E-state index contributed by atoms with van der Waals surface area (Å²) < 4.78 is 49.1. The summed E-state index contributed by atoms with van der Waals surface area (Å²) in [6.45, 7) is 4.41. The highest BCUT2D eigenvalue weighted by Crippen LogP contribution is 2.34. The molecule has 1 aliphatic rings. The highest BCUT2D eigenvalue weighted by atomic mass is 19.2. The molecule has 220 valence electrons. The zero-order valence-corrected chi connectivity index (χ0v) is 23.6. The number of carbonyl (C=O) groups excluding carboxylic acids is 1. The third-order valence-corrected chi connectivity index (χ3v) is 7.75. The van der Waals surface area contributed by atoms with Crippen LogP contribution in [0, 0.1) is 37.2 Å². The molecule has 42 heavy (non-hydrogen) atoms. The fourth-order valence-electron chi connectivity index (χ4n) is 5.64. The number of piperidine rings is 1. The summed E-state index contributed by atoms with van der Waals surface area (Å²) in [6.07, 6.45) is -0.0519. The van der Waals surface area contributed by atoms with Crippen LogP contribution in [0.1, 0.15) is 34.5 Å². The molecule has 1 aliphatic heterocycles. The van der Waals surface area contributed by atoms with Gasteiger partial charge in [0.25, 0.3) is 5.91 Å². The van der Waals surface area contributed by atoms with E-state index in [0.717, 1.165) is 28.9 Å². The van der Waals surface area contributed by atoms with Gasteiger partial charge in [-0.1, -0.05) is 18.2 Å². The predicted molar refractivity (Wildman–Crippen MR) is 149 cm³/mol. The molecule has 1 amide bonds. The number of carbonyl (C=O) groups is 2. The van der Waals surface area contributed by atoms with Crippen LogP contribution in [0.15, 0.2) is 42.5 Å². The van der Waals surface area contributed by atoms with Crippen molar-refractivity contribution in [1.29, 1.82) is 0 Å². The van der Waals surface area contributed by atoms with Crippen molar-refractivity contribution in [3.63, 3.8) is 0 Å². The molecule has 1 fully saturated rings. The number of halogens is 3. The van der Waals surface area contributed by atoms with Gasteiger partial charge in [-0.2, -0.15) is 9.61 Å². The average molecular weight is 582 g/mol. The molecule has 0 bridgehead atoms. The Hall–Kier alpha value is -4.45. The number of carboxylic acid groups (broad SMARTS) is 1. The normalized spacial score (nSPS) is 17.1. The van der Waals surface area contributed by atoms with E-state index in [1.165, 1.54) is 17.7 Å². The van der Waals surface area contributed by atoms with Gasteiger partial charge in [-0.25, -0.2) is 18.2 Å². The summed E-state index contributed by atoms with van der Waals surface area (Å²) in [5, 5.41) is 13.8. The Balaban J connectivity index is 1.60. The highest BCUT2D eigenvalue weighted by molar-refractivity contribution is 5.94. The molecule has 3 heterocycles. The molecule has 0 spiro atoms. The number of ether oxygens (including phenoxy) is 1. The number of rotatable bonds is 7. The van der Waals surface area contributed by atoms with Gasteiger partial charge >= 0.3 is 5.97 Å². The predicted octanol–water partition coefficient (Wildman–Crippen LogP) is 5.15. The van der Waals surface area contributed by atoms with Crippen LogP contribution in [0.5, 0.6) is 0 Å². The maximum absolute atomic E-state index is 14.2. The van der Waals surface area contributed by atoms with Crippen LogP contribution >= 0.6 is 0 Å². The van der Waals surface area contributed by atoms with Crippen LogP contribution < -0.4 is 4.90 Å². The Morgan fingerprint density at radius 1 is 1.10 bits per heavy atom. The lowest BCUT2D eigenvalue weighted by molar-refractivity contribution is -0.140. The zero-order chi connectivity index (χ0) is 30.3. The highest BCUT2D eigenvalue weighted by Gasteiger charge is 2.34. The second-order valence-corrected chi connectivity index (χ2v) is 10.5. The van der Waals surface area contributed by atoms with Crippen molar-refractivity contribution in [2.24, 2.45) is 5.92 Å². The summed E-state index contributed by atoms with van der Waals surface area (Å²) in [6, 6.07) is 10.6. The monoisotopic (exact) mass is 581 g/mol. The number of aliphatic carboxylic acids is 1. The molecule has 5 rings (SSSR count). The van der Waals surface area contributed by atoms with Gasteiger partial charge in [0, 0.05) is 50.6 Å². The zero-order valence-electron chi connectivity index (χ0n) is 23.6. The lowest BCUT2D eigenvalue weighted by Crippen LogP contribution is -2.48. The van der Waals surface area contributed by atoms with Gasteiger partial charge < -0.3 is 19.6 Å². The van der Waals surface area contributed by atoms with Gasteiger partial charge in [-0.3, -0.25) is 9.59 Å². The summed E-state index contributed by atoms with van der Waals surface area (Å²) in [7, 11) is 3.29. The molecule has 0 saturated carbocycles. The second-order valence-electron chi connectivity index (χ2n) is 10.5. The smallest absolute Gasteiger partial charge is 0.303 e. The third kappa shape index (κ3) is 5.41. The van der Waals surface area contributed by atoms with Crippen LogP contribution in [-0.4, -0.2) is 69.8 Å². The number of fused-ring (bicyclic) bond motifs is 1. The molecule has 1 unspecified atom stereocenters. The van der Waals surface area contributed by atoms with E-state index in [-0.39, 0.29) is 41.5 Å². The van der Waals surface area contributed by atoms with E-state index in [4.69, 9.17) is 4.74 Å². The van der Waals surface area contributed by atoms with Crippen LogP contribution in [0.3, 0.4) is 0 Å². The SMILES string of the molecule is CO[C@H]1CN(C(=O)c2cc3nc(-c4cc(F)c(F)c(F)c4)cc(N(C)c4c(C)cccc4C)n3n2)CCC1CC(=O)O. The molecule has 0 radical (unpaired) electrons. The summed E-state index contributed by atoms with van der Waals surface area (Å²) >= 11 is 0.